The molecule has 1 rings (SSSR count). The zero-order valence-corrected chi connectivity index (χ0v) is 10.3. The Bertz CT molecular complexity index is 485. The van der Waals surface area contributed by atoms with E-state index < -0.39 is 18.4 Å². The average Bonchev–Trinajstić information content (AvgIpc) is 2.23. The van der Waals surface area contributed by atoms with Crippen LogP contribution in [-0.4, -0.2) is 23.0 Å². The Morgan fingerprint density at radius 2 is 2.18 bits per heavy atom. The van der Waals surface area contributed by atoms with Crippen molar-refractivity contribution in [2.75, 3.05) is 6.61 Å². The highest BCUT2D eigenvalue weighted by Crippen LogP contribution is 2.04. The topological polar surface area (TPSA) is 103 Å². The maximum absolute atomic E-state index is 11.3. The van der Waals surface area contributed by atoms with Crippen molar-refractivity contribution in [3.63, 3.8) is 0 Å². The summed E-state index contributed by atoms with van der Waals surface area (Å²) in [5.74, 6) is -1.27. The van der Waals surface area contributed by atoms with Gasteiger partial charge in [0.05, 0.1) is 0 Å². The quantitative estimate of drug-likeness (QED) is 0.691. The molecule has 0 aliphatic rings. The van der Waals surface area contributed by atoms with E-state index in [1.165, 1.54) is 16.8 Å². The Labute approximate surface area is 105 Å². The molecular formula is C9H10BrN3O4. The summed E-state index contributed by atoms with van der Waals surface area (Å²) in [5.41, 5.74) is 6.47. The number of nitrogens with two attached hydrogens (primary N) is 1. The van der Waals surface area contributed by atoms with Crippen molar-refractivity contribution >= 4 is 27.7 Å². The van der Waals surface area contributed by atoms with Crippen LogP contribution in [0, 0.1) is 0 Å². The lowest BCUT2D eigenvalue weighted by Gasteiger charge is -2.06. The number of hydroxylamine groups is 1. The van der Waals surface area contributed by atoms with Crippen LogP contribution in [0.15, 0.2) is 27.6 Å². The number of hydrogen-bond donors (Lipinski definition) is 2. The fourth-order valence-corrected chi connectivity index (χ4v) is 1.38. The fraction of sp³-hybridized carbons (Fsp3) is 0.222. The average molecular weight is 304 g/mol. The van der Waals surface area contributed by atoms with Crippen molar-refractivity contribution in [3.8, 4) is 0 Å². The molecule has 8 heteroatoms. The lowest BCUT2D eigenvalue weighted by molar-refractivity contribution is -0.138. The predicted molar refractivity (Wildman–Crippen MR) is 61.7 cm³/mol. The molecule has 1 aromatic rings. The predicted octanol–water partition coefficient (Wildman–Crippen LogP) is -0.856. The van der Waals surface area contributed by atoms with E-state index in [0.717, 1.165) is 0 Å². The number of hydrogen-bond acceptors (Lipinski definition) is 4. The number of aromatic nitrogens is 1. The second-order valence-corrected chi connectivity index (χ2v) is 4.01. The van der Waals surface area contributed by atoms with Crippen LogP contribution in [-0.2, 0) is 21.0 Å². The Balaban J connectivity index is 2.53. The number of carbonyl (C=O) groups is 2. The third-order valence-corrected chi connectivity index (χ3v) is 2.13. The van der Waals surface area contributed by atoms with Gasteiger partial charge in [-0.05, 0) is 22.0 Å². The molecule has 92 valence electrons. The van der Waals surface area contributed by atoms with Crippen molar-refractivity contribution in [1.82, 2.24) is 10.0 Å². The summed E-state index contributed by atoms with van der Waals surface area (Å²) < 4.78 is 1.86. The first-order valence-corrected chi connectivity index (χ1v) is 5.33. The molecule has 0 aromatic carbocycles. The van der Waals surface area contributed by atoms with Crippen molar-refractivity contribution in [1.29, 1.82) is 0 Å². The molecule has 0 unspecified atom stereocenters. The van der Waals surface area contributed by atoms with Crippen molar-refractivity contribution in [2.45, 2.75) is 6.54 Å². The number of pyridine rings is 1. The summed E-state index contributed by atoms with van der Waals surface area (Å²) in [6, 6.07) is 2.89. The van der Waals surface area contributed by atoms with Gasteiger partial charge in [-0.1, -0.05) is 0 Å². The Morgan fingerprint density at radius 3 is 2.82 bits per heavy atom. The fourth-order valence-electron chi connectivity index (χ4n) is 1.00. The second-order valence-electron chi connectivity index (χ2n) is 3.09. The van der Waals surface area contributed by atoms with Gasteiger partial charge in [-0.15, -0.1) is 0 Å². The summed E-state index contributed by atoms with van der Waals surface area (Å²) >= 11 is 3.17. The number of primary amides is 1. The summed E-state index contributed by atoms with van der Waals surface area (Å²) in [7, 11) is 0. The molecule has 0 bridgehead atoms. The molecule has 17 heavy (non-hydrogen) atoms. The van der Waals surface area contributed by atoms with Gasteiger partial charge in [0.25, 0.3) is 11.5 Å². The van der Waals surface area contributed by atoms with Gasteiger partial charge in [-0.3, -0.25) is 19.2 Å². The highest BCUT2D eigenvalue weighted by atomic mass is 79.9. The van der Waals surface area contributed by atoms with E-state index in [4.69, 9.17) is 5.73 Å². The summed E-state index contributed by atoms with van der Waals surface area (Å²) in [4.78, 5) is 37.5. The molecule has 0 fully saturated rings. The maximum Gasteiger partial charge on any atom is 0.263 e. The van der Waals surface area contributed by atoms with Gasteiger partial charge >= 0.3 is 0 Å². The molecule has 0 saturated carbocycles. The lowest BCUT2D eigenvalue weighted by atomic mass is 10.4. The van der Waals surface area contributed by atoms with Gasteiger partial charge < -0.3 is 10.3 Å². The minimum atomic E-state index is -0.704. The summed E-state index contributed by atoms with van der Waals surface area (Å²) in [6.45, 7) is -0.629. The molecule has 0 saturated heterocycles. The third-order valence-electron chi connectivity index (χ3n) is 1.66. The molecule has 0 atom stereocenters. The van der Waals surface area contributed by atoms with Crippen molar-refractivity contribution in [2.24, 2.45) is 5.73 Å². The Morgan fingerprint density at radius 1 is 1.47 bits per heavy atom. The third kappa shape index (κ3) is 4.79. The monoisotopic (exact) mass is 303 g/mol. The minimum absolute atomic E-state index is 0.211. The number of amides is 2. The van der Waals surface area contributed by atoms with Gasteiger partial charge in [0.15, 0.2) is 6.61 Å². The summed E-state index contributed by atoms with van der Waals surface area (Å²) in [6.07, 6.45) is 1.47. The van der Waals surface area contributed by atoms with Crippen LogP contribution in [0.5, 0.6) is 0 Å². The normalized spacial score (nSPS) is 9.94. The highest BCUT2D eigenvalue weighted by molar-refractivity contribution is 9.10. The Hall–Kier alpha value is -1.67. The van der Waals surface area contributed by atoms with E-state index in [2.05, 4.69) is 20.8 Å². The Kier molecular flexibility index (Phi) is 4.85. The van der Waals surface area contributed by atoms with Crippen LogP contribution in [0.25, 0.3) is 0 Å². The summed E-state index contributed by atoms with van der Waals surface area (Å²) in [5, 5.41) is 0. The zero-order chi connectivity index (χ0) is 12.8. The molecule has 1 heterocycles. The maximum atomic E-state index is 11.3. The molecule has 0 aliphatic heterocycles. The zero-order valence-electron chi connectivity index (χ0n) is 8.68. The first kappa shape index (κ1) is 13.4. The van der Waals surface area contributed by atoms with E-state index in [1.54, 1.807) is 6.07 Å². The molecule has 2 amide bonds. The van der Waals surface area contributed by atoms with Crippen molar-refractivity contribution < 1.29 is 14.4 Å². The largest absolute Gasteiger partial charge is 0.368 e. The highest BCUT2D eigenvalue weighted by Gasteiger charge is 2.05. The van der Waals surface area contributed by atoms with Crippen LogP contribution in [0.1, 0.15) is 0 Å². The van der Waals surface area contributed by atoms with Crippen LogP contribution in [0.3, 0.4) is 0 Å². The number of nitrogens with zero attached hydrogens (tertiary/aromatic N) is 1. The van der Waals surface area contributed by atoms with E-state index >= 15 is 0 Å². The number of carbonyl (C=O) groups excluding carboxylic acids is 2. The lowest BCUT2D eigenvalue weighted by Crippen LogP contribution is -2.34. The van der Waals surface area contributed by atoms with Crippen molar-refractivity contribution in [3.05, 3.63) is 33.2 Å². The first-order chi connectivity index (χ1) is 7.99. The number of nitrogens with one attached hydrogen (secondary N) is 1. The van der Waals surface area contributed by atoms with Crippen LogP contribution >= 0.6 is 15.9 Å². The van der Waals surface area contributed by atoms with Crippen LogP contribution < -0.4 is 16.8 Å². The second kappa shape index (κ2) is 6.16. The SMILES string of the molecule is NC(=O)CONC(=O)Cn1cc(Br)ccc1=O. The minimum Gasteiger partial charge on any atom is -0.368 e. The van der Waals surface area contributed by atoms with Gasteiger partial charge in [-0.2, -0.15) is 0 Å². The molecule has 0 radical (unpaired) electrons. The van der Waals surface area contributed by atoms with Gasteiger partial charge in [0.1, 0.15) is 6.54 Å². The molecule has 1 aromatic heterocycles. The standard InChI is InChI=1S/C9H10BrN3O4/c10-6-1-2-9(16)13(3-6)4-8(15)12-17-5-7(11)14/h1-3H,4-5H2,(H2,11,14)(H,12,15). The van der Waals surface area contributed by atoms with Crippen LogP contribution in [0.4, 0.5) is 0 Å². The smallest absolute Gasteiger partial charge is 0.263 e. The number of halogens is 1. The molecule has 0 aliphatic carbocycles. The van der Waals surface area contributed by atoms with E-state index in [-0.39, 0.29) is 12.1 Å². The first-order valence-electron chi connectivity index (χ1n) is 4.54. The molecule has 7 nitrogen and oxygen atoms in total. The number of rotatable bonds is 5. The van der Waals surface area contributed by atoms with E-state index in [9.17, 15) is 14.4 Å². The van der Waals surface area contributed by atoms with Crippen LogP contribution in [0.2, 0.25) is 0 Å². The van der Waals surface area contributed by atoms with E-state index in [1.807, 2.05) is 5.48 Å². The molecule has 0 spiro atoms. The van der Waals surface area contributed by atoms with Gasteiger partial charge in [-0.25, -0.2) is 5.48 Å². The molecular weight excluding hydrogens is 294 g/mol. The van der Waals surface area contributed by atoms with Gasteiger partial charge in [0, 0.05) is 16.7 Å². The van der Waals surface area contributed by atoms with E-state index in [0.29, 0.717) is 4.47 Å². The molecule has 3 N–H and O–H groups in total. The van der Waals surface area contributed by atoms with Gasteiger partial charge in [0.2, 0.25) is 5.91 Å².